The van der Waals surface area contributed by atoms with Crippen molar-refractivity contribution in [3.05, 3.63) is 0 Å². The lowest BCUT2D eigenvalue weighted by molar-refractivity contribution is -0.129. The zero-order chi connectivity index (χ0) is 9.26. The Kier molecular flexibility index (Phi) is 2.79. The predicted octanol–water partition coefficient (Wildman–Crippen LogP) is 0.442. The number of carbonyl (C=O) groups is 1. The fourth-order valence-corrected chi connectivity index (χ4v) is 3.21. The second kappa shape index (κ2) is 3.88. The van der Waals surface area contributed by atoms with Gasteiger partial charge < -0.3 is 10.6 Å². The molecule has 4 heteroatoms. The molecule has 0 aliphatic carbocycles. The lowest BCUT2D eigenvalue weighted by atomic mass is 10.2. The zero-order valence-electron chi connectivity index (χ0n) is 7.74. The Morgan fingerprint density at radius 2 is 2.31 bits per heavy atom. The molecule has 2 atom stereocenters. The summed E-state index contributed by atoms with van der Waals surface area (Å²) in [6.07, 6.45) is 3.24. The Bertz CT molecular complexity index is 204. The second-order valence-electron chi connectivity index (χ2n) is 3.83. The van der Waals surface area contributed by atoms with Gasteiger partial charge in [-0.1, -0.05) is 0 Å². The highest BCUT2D eigenvalue weighted by molar-refractivity contribution is 8.00. The third-order valence-corrected chi connectivity index (χ3v) is 4.11. The maximum Gasteiger partial charge on any atom is 0.235 e. The van der Waals surface area contributed by atoms with E-state index in [2.05, 4.69) is 0 Å². The number of hydrogen-bond acceptors (Lipinski definition) is 3. The fourth-order valence-electron chi connectivity index (χ4n) is 1.96. The first-order valence-electron chi connectivity index (χ1n) is 4.93. The van der Waals surface area contributed by atoms with Gasteiger partial charge in [-0.3, -0.25) is 4.79 Å². The van der Waals surface area contributed by atoms with Gasteiger partial charge in [-0.05, 0) is 25.0 Å². The highest BCUT2D eigenvalue weighted by Crippen LogP contribution is 2.28. The largest absolute Gasteiger partial charge is 0.340 e. The minimum atomic E-state index is 0.218. The third kappa shape index (κ3) is 1.99. The summed E-state index contributed by atoms with van der Waals surface area (Å²) >= 11 is 1.81. The van der Waals surface area contributed by atoms with Crippen molar-refractivity contribution in [3.63, 3.8) is 0 Å². The van der Waals surface area contributed by atoms with Crippen LogP contribution in [0.3, 0.4) is 0 Å². The van der Waals surface area contributed by atoms with Crippen molar-refractivity contribution in [1.29, 1.82) is 0 Å². The number of thioether (sulfide) groups is 1. The molecular formula is C9H16N2OS. The molecule has 3 nitrogen and oxygen atoms in total. The van der Waals surface area contributed by atoms with Gasteiger partial charge >= 0.3 is 0 Å². The molecule has 0 spiro atoms. The van der Waals surface area contributed by atoms with Crippen molar-refractivity contribution in [2.75, 3.05) is 18.8 Å². The Morgan fingerprint density at radius 3 is 2.85 bits per heavy atom. The number of nitrogens with two attached hydrogens (primary N) is 1. The van der Waals surface area contributed by atoms with E-state index >= 15 is 0 Å². The van der Waals surface area contributed by atoms with Crippen molar-refractivity contribution in [2.24, 2.45) is 5.73 Å². The molecule has 74 valence electrons. The maximum absolute atomic E-state index is 11.8. The molecule has 0 aromatic heterocycles. The molecule has 2 aliphatic rings. The molecule has 2 N–H and O–H groups in total. The molecule has 2 heterocycles. The van der Waals surface area contributed by atoms with E-state index in [0.29, 0.717) is 5.91 Å². The standard InChI is InChI=1S/C9H16N2OS/c10-7-3-4-11(6-7)9(12)8-2-1-5-13-8/h7-8H,1-6,10H2/t7-,8?/m0/s1. The number of carbonyl (C=O) groups excluding carboxylic acids is 1. The zero-order valence-corrected chi connectivity index (χ0v) is 8.55. The number of nitrogens with zero attached hydrogens (tertiary/aromatic N) is 1. The average molecular weight is 200 g/mol. The normalized spacial score (nSPS) is 34.1. The van der Waals surface area contributed by atoms with E-state index < -0.39 is 0 Å². The minimum absolute atomic E-state index is 0.218. The molecule has 1 unspecified atom stereocenters. The SMILES string of the molecule is N[C@H]1CCN(C(=O)C2CCCS2)C1. The van der Waals surface area contributed by atoms with Gasteiger partial charge in [-0.15, -0.1) is 11.8 Å². The van der Waals surface area contributed by atoms with E-state index in [9.17, 15) is 4.79 Å². The van der Waals surface area contributed by atoms with Gasteiger partial charge in [-0.2, -0.15) is 0 Å². The molecule has 2 rings (SSSR count). The molecule has 2 aliphatic heterocycles. The summed E-state index contributed by atoms with van der Waals surface area (Å²) in [6.45, 7) is 1.65. The summed E-state index contributed by atoms with van der Waals surface area (Å²) < 4.78 is 0. The molecule has 0 aromatic rings. The monoisotopic (exact) mass is 200 g/mol. The van der Waals surface area contributed by atoms with Crippen LogP contribution in [-0.2, 0) is 4.79 Å². The molecule has 0 aromatic carbocycles. The van der Waals surface area contributed by atoms with E-state index in [1.54, 1.807) is 11.8 Å². The fraction of sp³-hybridized carbons (Fsp3) is 0.889. The van der Waals surface area contributed by atoms with Gasteiger partial charge in [-0.25, -0.2) is 0 Å². The average Bonchev–Trinajstić information content (AvgIpc) is 2.72. The number of rotatable bonds is 1. The first kappa shape index (κ1) is 9.34. The van der Waals surface area contributed by atoms with Crippen molar-refractivity contribution < 1.29 is 4.79 Å². The van der Waals surface area contributed by atoms with Crippen molar-refractivity contribution >= 4 is 17.7 Å². The van der Waals surface area contributed by atoms with E-state index in [-0.39, 0.29) is 11.3 Å². The van der Waals surface area contributed by atoms with Crippen LogP contribution in [0.2, 0.25) is 0 Å². The van der Waals surface area contributed by atoms with Crippen LogP contribution in [0.5, 0.6) is 0 Å². The summed E-state index contributed by atoms with van der Waals surface area (Å²) in [5, 5.41) is 0.241. The van der Waals surface area contributed by atoms with Gasteiger partial charge in [0.1, 0.15) is 0 Å². The van der Waals surface area contributed by atoms with Crippen LogP contribution in [0.25, 0.3) is 0 Å². The van der Waals surface area contributed by atoms with Crippen LogP contribution in [0.4, 0.5) is 0 Å². The topological polar surface area (TPSA) is 46.3 Å². The lowest BCUT2D eigenvalue weighted by Crippen LogP contribution is -2.36. The van der Waals surface area contributed by atoms with Crippen LogP contribution in [0.1, 0.15) is 19.3 Å². The molecular weight excluding hydrogens is 184 g/mol. The summed E-state index contributed by atoms with van der Waals surface area (Å²) in [5.74, 6) is 1.48. The number of likely N-dealkylation sites (tertiary alicyclic amines) is 1. The van der Waals surface area contributed by atoms with Crippen LogP contribution in [0.15, 0.2) is 0 Å². The Balaban J connectivity index is 1.89. The molecule has 0 bridgehead atoms. The van der Waals surface area contributed by atoms with Gasteiger partial charge in [0.25, 0.3) is 0 Å². The summed E-state index contributed by atoms with van der Waals surface area (Å²) in [7, 11) is 0. The predicted molar refractivity (Wildman–Crippen MR) is 54.7 cm³/mol. The molecule has 0 radical (unpaired) electrons. The maximum atomic E-state index is 11.8. The third-order valence-electron chi connectivity index (χ3n) is 2.74. The smallest absolute Gasteiger partial charge is 0.235 e. The van der Waals surface area contributed by atoms with E-state index in [1.807, 2.05) is 4.90 Å². The van der Waals surface area contributed by atoms with Gasteiger partial charge in [0.2, 0.25) is 5.91 Å². The first-order valence-corrected chi connectivity index (χ1v) is 5.98. The Hall–Kier alpha value is -0.220. The van der Waals surface area contributed by atoms with E-state index in [4.69, 9.17) is 5.73 Å². The van der Waals surface area contributed by atoms with Crippen LogP contribution < -0.4 is 5.73 Å². The molecule has 1 amide bonds. The van der Waals surface area contributed by atoms with Crippen LogP contribution >= 0.6 is 11.8 Å². The molecule has 0 saturated carbocycles. The highest BCUT2D eigenvalue weighted by Gasteiger charge is 2.31. The van der Waals surface area contributed by atoms with Crippen molar-refractivity contribution in [3.8, 4) is 0 Å². The van der Waals surface area contributed by atoms with E-state index in [0.717, 1.165) is 31.7 Å². The summed E-state index contributed by atoms with van der Waals surface area (Å²) in [4.78, 5) is 13.8. The molecule has 2 saturated heterocycles. The molecule has 2 fully saturated rings. The van der Waals surface area contributed by atoms with Crippen molar-refractivity contribution in [1.82, 2.24) is 4.90 Å². The highest BCUT2D eigenvalue weighted by atomic mass is 32.2. The van der Waals surface area contributed by atoms with E-state index in [1.165, 1.54) is 6.42 Å². The summed E-state index contributed by atoms with van der Waals surface area (Å²) in [6, 6.07) is 0.218. The first-order chi connectivity index (χ1) is 6.27. The van der Waals surface area contributed by atoms with Crippen LogP contribution in [0, 0.1) is 0 Å². The summed E-state index contributed by atoms with van der Waals surface area (Å²) in [5.41, 5.74) is 5.76. The lowest BCUT2D eigenvalue weighted by Gasteiger charge is -2.19. The second-order valence-corrected chi connectivity index (χ2v) is 5.15. The number of amides is 1. The Labute approximate surface area is 83.0 Å². The van der Waals surface area contributed by atoms with Gasteiger partial charge in [0, 0.05) is 19.1 Å². The number of hydrogen-bond donors (Lipinski definition) is 1. The van der Waals surface area contributed by atoms with Crippen molar-refractivity contribution in [2.45, 2.75) is 30.6 Å². The minimum Gasteiger partial charge on any atom is -0.340 e. The van der Waals surface area contributed by atoms with Gasteiger partial charge in [0.05, 0.1) is 5.25 Å². The Morgan fingerprint density at radius 1 is 1.46 bits per heavy atom. The van der Waals surface area contributed by atoms with Crippen LogP contribution in [-0.4, -0.2) is 40.9 Å². The molecule has 13 heavy (non-hydrogen) atoms. The van der Waals surface area contributed by atoms with Gasteiger partial charge in [0.15, 0.2) is 0 Å². The quantitative estimate of drug-likeness (QED) is 0.668.